The van der Waals surface area contributed by atoms with Crippen LogP contribution in [-0.4, -0.2) is 10.1 Å². The fraction of sp³-hybridized carbons (Fsp3) is 0.645. The fourth-order valence-electron chi connectivity index (χ4n) is 7.42. The Labute approximate surface area is 205 Å². The lowest BCUT2D eigenvalue weighted by Gasteiger charge is -2.47. The summed E-state index contributed by atoms with van der Waals surface area (Å²) < 4.78 is 7.14. The number of benzene rings is 1. The maximum Gasteiger partial charge on any atom is 0.111 e. The van der Waals surface area contributed by atoms with E-state index in [-0.39, 0.29) is 22.5 Å². The maximum absolute atomic E-state index is 11.6. The number of aromatic nitrogens is 1. The maximum atomic E-state index is 11.6. The molecule has 3 aliphatic carbocycles. The van der Waals surface area contributed by atoms with Crippen molar-refractivity contribution in [2.24, 2.45) is 5.41 Å². The molecule has 6 rings (SSSR count). The summed E-state index contributed by atoms with van der Waals surface area (Å²) in [5.41, 5.74) is 8.87. The summed E-state index contributed by atoms with van der Waals surface area (Å²) in [6.45, 7) is 11.3. The van der Waals surface area contributed by atoms with Gasteiger partial charge in [-0.15, -0.1) is 0 Å². The number of fused-ring (bicyclic) bond motifs is 4. The van der Waals surface area contributed by atoms with E-state index < -0.39 is 6.10 Å². The highest BCUT2D eigenvalue weighted by atomic mass is 16.5. The van der Waals surface area contributed by atoms with Gasteiger partial charge in [0.2, 0.25) is 0 Å². The Morgan fingerprint density at radius 1 is 0.971 bits per heavy atom. The third-order valence-electron chi connectivity index (χ3n) is 9.40. The third-order valence-corrected chi connectivity index (χ3v) is 9.40. The highest BCUT2D eigenvalue weighted by Gasteiger charge is 2.54. The van der Waals surface area contributed by atoms with E-state index in [0.717, 1.165) is 31.2 Å². The van der Waals surface area contributed by atoms with Gasteiger partial charge in [-0.25, -0.2) is 0 Å². The lowest BCUT2D eigenvalue weighted by molar-refractivity contribution is -0.0586. The summed E-state index contributed by atoms with van der Waals surface area (Å²) in [5.74, 6) is 0.326. The minimum absolute atomic E-state index is 0.0934. The molecular weight excluding hydrogens is 418 g/mol. The molecule has 0 bridgehead atoms. The monoisotopic (exact) mass is 459 g/mol. The van der Waals surface area contributed by atoms with Crippen LogP contribution in [0.25, 0.3) is 0 Å². The molecule has 2 unspecified atom stereocenters. The molecule has 0 saturated heterocycles. The molecule has 2 aromatic rings. The van der Waals surface area contributed by atoms with E-state index in [9.17, 15) is 5.11 Å². The van der Waals surface area contributed by atoms with Crippen LogP contribution < -0.4 is 0 Å². The summed E-state index contributed by atoms with van der Waals surface area (Å²) in [6, 6.07) is 9.08. The van der Waals surface area contributed by atoms with Crippen molar-refractivity contribution < 1.29 is 9.84 Å². The predicted octanol–water partition coefficient (Wildman–Crippen LogP) is 7.54. The van der Waals surface area contributed by atoms with Crippen LogP contribution >= 0.6 is 0 Å². The zero-order valence-corrected chi connectivity index (χ0v) is 21.7. The quantitative estimate of drug-likeness (QED) is 0.504. The highest BCUT2D eigenvalue weighted by Crippen LogP contribution is 2.61. The average Bonchev–Trinajstić information content (AvgIpc) is 3.37. The largest absolute Gasteiger partial charge is 0.388 e. The smallest absolute Gasteiger partial charge is 0.111 e. The van der Waals surface area contributed by atoms with Crippen LogP contribution in [0.3, 0.4) is 0 Å². The predicted molar refractivity (Wildman–Crippen MR) is 136 cm³/mol. The number of nitrogens with zero attached hydrogens (tertiary/aromatic N) is 1. The summed E-state index contributed by atoms with van der Waals surface area (Å²) in [4.78, 5) is 5.36. The van der Waals surface area contributed by atoms with E-state index in [1.165, 1.54) is 65.7 Å². The zero-order chi connectivity index (χ0) is 23.9. The van der Waals surface area contributed by atoms with Crippen molar-refractivity contribution in [3.8, 4) is 0 Å². The number of aliphatic hydroxyl groups excluding tert-OH is 1. The fourth-order valence-corrected chi connectivity index (χ4v) is 7.42. The Morgan fingerprint density at radius 3 is 2.21 bits per heavy atom. The molecule has 1 aliphatic heterocycles. The molecular formula is C31H41NO2. The Kier molecular flexibility index (Phi) is 5.11. The molecule has 3 nitrogen and oxygen atoms in total. The van der Waals surface area contributed by atoms with Crippen molar-refractivity contribution in [3.63, 3.8) is 0 Å². The summed E-state index contributed by atoms with van der Waals surface area (Å²) in [7, 11) is 0. The van der Waals surface area contributed by atoms with Crippen molar-refractivity contribution in [2.75, 3.05) is 0 Å². The molecule has 2 atom stereocenters. The number of pyridine rings is 1. The van der Waals surface area contributed by atoms with Gasteiger partial charge in [-0.3, -0.25) is 4.98 Å². The van der Waals surface area contributed by atoms with Crippen LogP contribution in [0.1, 0.15) is 143 Å². The standard InChI is InChI=1S/C31H41NO2/c1-19(2)27-25-26(24-22(32-27)17-30(13-8-14-30)18-23(24)33)31(15-6-7-16-31)34-28(25)20-9-11-21(12-10-20)29(3,4)5/h9-12,19,23,28,33H,6-8,13-18H2,1-5H3. The molecule has 1 aromatic carbocycles. The van der Waals surface area contributed by atoms with Gasteiger partial charge in [0.1, 0.15) is 6.10 Å². The highest BCUT2D eigenvalue weighted by molar-refractivity contribution is 5.54. The van der Waals surface area contributed by atoms with Gasteiger partial charge in [0, 0.05) is 22.5 Å². The Bertz CT molecular complexity index is 1100. The van der Waals surface area contributed by atoms with Crippen LogP contribution in [0.4, 0.5) is 0 Å². The van der Waals surface area contributed by atoms with Crippen molar-refractivity contribution in [2.45, 2.75) is 122 Å². The van der Waals surface area contributed by atoms with Gasteiger partial charge in [-0.2, -0.15) is 0 Å². The van der Waals surface area contributed by atoms with E-state index in [2.05, 4.69) is 58.9 Å². The molecule has 0 radical (unpaired) electrons. The minimum atomic E-state index is -0.408. The summed E-state index contributed by atoms with van der Waals surface area (Å²) in [6.07, 6.45) is 9.72. The first-order valence-corrected chi connectivity index (χ1v) is 13.7. The second-order valence-electron chi connectivity index (χ2n) is 13.1. The molecule has 182 valence electrons. The van der Waals surface area contributed by atoms with Crippen molar-refractivity contribution in [1.29, 1.82) is 0 Å². The summed E-state index contributed by atoms with van der Waals surface area (Å²) >= 11 is 0. The van der Waals surface area contributed by atoms with Crippen LogP contribution in [-0.2, 0) is 22.2 Å². The summed E-state index contributed by atoms with van der Waals surface area (Å²) in [5, 5.41) is 11.6. The normalized spacial score (nSPS) is 26.7. The van der Waals surface area contributed by atoms with Crippen LogP contribution in [0.5, 0.6) is 0 Å². The lowest BCUT2D eigenvalue weighted by Crippen LogP contribution is -2.39. The number of hydrogen-bond acceptors (Lipinski definition) is 3. The molecule has 2 heterocycles. The van der Waals surface area contributed by atoms with Crippen LogP contribution in [0, 0.1) is 5.41 Å². The van der Waals surface area contributed by atoms with Crippen molar-refractivity contribution in [3.05, 3.63) is 63.5 Å². The average molecular weight is 460 g/mol. The molecule has 2 spiro atoms. The van der Waals surface area contributed by atoms with Crippen molar-refractivity contribution in [1.82, 2.24) is 4.98 Å². The second-order valence-corrected chi connectivity index (χ2v) is 13.1. The molecule has 3 heteroatoms. The molecule has 2 saturated carbocycles. The SMILES string of the molecule is CC(C)c1nc2c(c3c1C(c1ccc(C(C)(C)C)cc1)OC31CCCC1)C(O)CC1(CCC1)C2. The van der Waals surface area contributed by atoms with E-state index in [1.54, 1.807) is 0 Å². The Morgan fingerprint density at radius 2 is 1.65 bits per heavy atom. The zero-order valence-electron chi connectivity index (χ0n) is 21.7. The molecule has 4 aliphatic rings. The molecule has 1 N–H and O–H groups in total. The van der Waals surface area contributed by atoms with E-state index >= 15 is 0 Å². The van der Waals surface area contributed by atoms with Gasteiger partial charge in [-0.05, 0) is 72.0 Å². The molecule has 2 fully saturated rings. The number of aliphatic hydroxyl groups is 1. The van der Waals surface area contributed by atoms with Crippen LogP contribution in [0.2, 0.25) is 0 Å². The minimum Gasteiger partial charge on any atom is -0.388 e. The van der Waals surface area contributed by atoms with Gasteiger partial charge in [-0.1, -0.05) is 78.1 Å². The van der Waals surface area contributed by atoms with Gasteiger partial charge in [0.25, 0.3) is 0 Å². The topological polar surface area (TPSA) is 42.4 Å². The third kappa shape index (κ3) is 3.33. The van der Waals surface area contributed by atoms with Gasteiger partial charge >= 0.3 is 0 Å². The van der Waals surface area contributed by atoms with Crippen molar-refractivity contribution >= 4 is 0 Å². The Hall–Kier alpha value is -1.71. The van der Waals surface area contributed by atoms with E-state index in [4.69, 9.17) is 9.72 Å². The molecule has 0 amide bonds. The van der Waals surface area contributed by atoms with E-state index in [0.29, 0.717) is 5.92 Å². The van der Waals surface area contributed by atoms with E-state index in [1.807, 2.05) is 0 Å². The van der Waals surface area contributed by atoms with Gasteiger partial charge in [0.05, 0.1) is 11.7 Å². The molecule has 34 heavy (non-hydrogen) atoms. The number of ether oxygens (including phenoxy) is 1. The first-order chi connectivity index (χ1) is 16.1. The van der Waals surface area contributed by atoms with Gasteiger partial charge in [0.15, 0.2) is 0 Å². The number of rotatable bonds is 2. The molecule has 1 aromatic heterocycles. The second kappa shape index (κ2) is 7.64. The number of hydrogen-bond donors (Lipinski definition) is 1. The lowest BCUT2D eigenvalue weighted by atomic mass is 9.59. The first-order valence-electron chi connectivity index (χ1n) is 13.7. The van der Waals surface area contributed by atoms with Crippen LogP contribution in [0.15, 0.2) is 24.3 Å². The first kappa shape index (κ1) is 22.7. The van der Waals surface area contributed by atoms with Gasteiger partial charge < -0.3 is 9.84 Å². The Balaban J connectivity index is 1.54.